The van der Waals surface area contributed by atoms with Crippen LogP contribution in [0.4, 0.5) is 5.69 Å². The Bertz CT molecular complexity index is 1320. The van der Waals surface area contributed by atoms with Gasteiger partial charge in [0.05, 0.1) is 26.2 Å². The van der Waals surface area contributed by atoms with Gasteiger partial charge in [0.1, 0.15) is 11.5 Å². The summed E-state index contributed by atoms with van der Waals surface area (Å²) < 4.78 is 10.8. The van der Waals surface area contributed by atoms with E-state index < -0.39 is 12.0 Å². The largest absolute Gasteiger partial charge is 0.497 e. The number of ether oxygens (including phenoxy) is 2. The van der Waals surface area contributed by atoms with Gasteiger partial charge in [0.2, 0.25) is 5.91 Å². The van der Waals surface area contributed by atoms with Crippen LogP contribution in [0.2, 0.25) is 0 Å². The van der Waals surface area contributed by atoms with Gasteiger partial charge in [-0.25, -0.2) is 0 Å². The summed E-state index contributed by atoms with van der Waals surface area (Å²) in [6.45, 7) is 9.16. The van der Waals surface area contributed by atoms with Crippen molar-refractivity contribution in [2.45, 2.75) is 25.3 Å². The highest BCUT2D eigenvalue weighted by molar-refractivity contribution is 6.11. The predicted molar refractivity (Wildman–Crippen MR) is 161 cm³/mol. The average molecular weight is 557 g/mol. The minimum absolute atomic E-state index is 0.0833. The Labute approximate surface area is 242 Å². The molecule has 8 nitrogen and oxygen atoms in total. The first-order chi connectivity index (χ1) is 20.0. The van der Waals surface area contributed by atoms with E-state index in [4.69, 9.17) is 9.47 Å². The summed E-state index contributed by atoms with van der Waals surface area (Å²) in [6, 6.07) is 22.0. The molecule has 3 aromatic rings. The quantitative estimate of drug-likeness (QED) is 0.375. The van der Waals surface area contributed by atoms with Crippen molar-refractivity contribution in [3.8, 4) is 11.5 Å². The van der Waals surface area contributed by atoms with Crippen LogP contribution in [0, 0.1) is 0 Å². The minimum Gasteiger partial charge on any atom is -0.497 e. The third-order valence-electron chi connectivity index (χ3n) is 8.29. The number of nitrogens with one attached hydrogen (secondary N) is 1. The highest BCUT2D eigenvalue weighted by Crippen LogP contribution is 2.45. The lowest BCUT2D eigenvalue weighted by atomic mass is 9.78. The molecule has 0 radical (unpaired) electrons. The zero-order chi connectivity index (χ0) is 28.8. The van der Waals surface area contributed by atoms with Crippen molar-refractivity contribution in [3.63, 3.8) is 0 Å². The summed E-state index contributed by atoms with van der Waals surface area (Å²) in [6.07, 6.45) is 0.876. The Kier molecular flexibility index (Phi) is 9.21. The molecule has 0 unspecified atom stereocenters. The second-order valence-electron chi connectivity index (χ2n) is 10.6. The molecule has 216 valence electrons. The number of fused-ring (bicyclic) bond motifs is 1. The van der Waals surface area contributed by atoms with Crippen LogP contribution in [0.3, 0.4) is 0 Å². The third kappa shape index (κ3) is 6.24. The van der Waals surface area contributed by atoms with Crippen molar-refractivity contribution < 1.29 is 19.1 Å². The maximum atomic E-state index is 14.1. The average Bonchev–Trinajstić information content (AvgIpc) is 3.03. The minimum atomic E-state index is -0.590. The van der Waals surface area contributed by atoms with E-state index in [0.29, 0.717) is 29.3 Å². The molecule has 0 aliphatic carbocycles. The van der Waals surface area contributed by atoms with Crippen LogP contribution >= 0.6 is 0 Å². The van der Waals surface area contributed by atoms with E-state index in [-0.39, 0.29) is 11.8 Å². The molecule has 3 aromatic carbocycles. The molecule has 1 N–H and O–H groups in total. The third-order valence-corrected chi connectivity index (χ3v) is 8.29. The second-order valence-corrected chi connectivity index (χ2v) is 10.6. The number of benzene rings is 3. The van der Waals surface area contributed by atoms with Gasteiger partial charge in [-0.3, -0.25) is 14.5 Å². The molecule has 41 heavy (non-hydrogen) atoms. The number of piperazine rings is 1. The highest BCUT2D eigenvalue weighted by atomic mass is 16.5. The maximum absolute atomic E-state index is 14.1. The van der Waals surface area contributed by atoms with Crippen LogP contribution in [0.1, 0.15) is 46.8 Å². The number of anilines is 1. The Morgan fingerprint density at radius 3 is 2.10 bits per heavy atom. The topological polar surface area (TPSA) is 74.4 Å². The summed E-state index contributed by atoms with van der Waals surface area (Å²) in [5.41, 5.74) is 2.85. The molecule has 0 spiro atoms. The van der Waals surface area contributed by atoms with Gasteiger partial charge in [-0.05, 0) is 73.1 Å². The molecular weight excluding hydrogens is 516 g/mol. The molecule has 8 heteroatoms. The van der Waals surface area contributed by atoms with E-state index in [1.807, 2.05) is 72.8 Å². The van der Waals surface area contributed by atoms with E-state index in [9.17, 15) is 9.59 Å². The van der Waals surface area contributed by atoms with Crippen LogP contribution < -0.4 is 19.7 Å². The van der Waals surface area contributed by atoms with Crippen LogP contribution in [0.15, 0.2) is 72.8 Å². The van der Waals surface area contributed by atoms with Crippen LogP contribution in [-0.2, 0) is 4.79 Å². The molecule has 0 aromatic heterocycles. The molecule has 0 saturated carbocycles. The van der Waals surface area contributed by atoms with Gasteiger partial charge in [-0.15, -0.1) is 0 Å². The van der Waals surface area contributed by atoms with Gasteiger partial charge in [-0.1, -0.05) is 37.3 Å². The number of rotatable bonds is 10. The summed E-state index contributed by atoms with van der Waals surface area (Å²) in [5, 5.41) is 3.22. The molecule has 2 aliphatic rings. The Morgan fingerprint density at radius 1 is 0.854 bits per heavy atom. The molecule has 1 saturated heterocycles. The number of hydrogen-bond donors (Lipinski definition) is 1. The van der Waals surface area contributed by atoms with Gasteiger partial charge < -0.3 is 24.6 Å². The molecule has 2 heterocycles. The van der Waals surface area contributed by atoms with Crippen LogP contribution in [-0.4, -0.2) is 81.6 Å². The van der Waals surface area contributed by atoms with E-state index >= 15 is 0 Å². The molecular formula is C33H40N4O4. The number of carbonyl (C=O) groups excluding carboxylic acids is 2. The summed E-state index contributed by atoms with van der Waals surface area (Å²) >= 11 is 0. The summed E-state index contributed by atoms with van der Waals surface area (Å²) in [5.74, 6) is 0.604. The number of nitrogens with zero attached hydrogens (tertiary/aromatic N) is 3. The molecule has 2 amide bonds. The first-order valence-electron chi connectivity index (χ1n) is 14.5. The van der Waals surface area contributed by atoms with Crippen molar-refractivity contribution in [3.05, 3.63) is 89.5 Å². The van der Waals surface area contributed by atoms with E-state index in [0.717, 1.165) is 56.8 Å². The van der Waals surface area contributed by atoms with Crippen LogP contribution in [0.25, 0.3) is 0 Å². The Hall–Kier alpha value is -3.88. The van der Waals surface area contributed by atoms with E-state index in [2.05, 4.69) is 22.0 Å². The van der Waals surface area contributed by atoms with Gasteiger partial charge >= 0.3 is 0 Å². The first kappa shape index (κ1) is 28.6. The predicted octanol–water partition coefficient (Wildman–Crippen LogP) is 4.33. The smallest absolute Gasteiger partial charge is 0.259 e. The number of methoxy groups -OCH3 is 2. The summed E-state index contributed by atoms with van der Waals surface area (Å²) in [7, 11) is 3.24. The number of likely N-dealkylation sites (N-methyl/N-ethyl adjacent to an activating group) is 1. The van der Waals surface area contributed by atoms with E-state index in [1.54, 1.807) is 19.1 Å². The fraction of sp³-hybridized carbons (Fsp3) is 0.394. The number of carbonyl (C=O) groups is 2. The standard InChI is InChI=1S/C33H40N4O4/c1-4-35-20-22-36(23-21-35)19-7-18-34-32(38)30-28-8-5-6-9-29(28)33(39)37(25-12-16-27(41-3)17-13-25)31(30)24-10-14-26(40-2)15-11-24/h5-6,8-17,30-31H,4,7,18-23H2,1-3H3,(H,34,38)/t30-,31-/m1/s1. The summed E-state index contributed by atoms with van der Waals surface area (Å²) in [4.78, 5) is 34.8. The zero-order valence-corrected chi connectivity index (χ0v) is 24.2. The molecule has 5 rings (SSSR count). The Balaban J connectivity index is 1.43. The normalized spacial score (nSPS) is 19.5. The highest BCUT2D eigenvalue weighted by Gasteiger charge is 2.44. The fourth-order valence-electron chi connectivity index (χ4n) is 5.94. The van der Waals surface area contributed by atoms with E-state index in [1.165, 1.54) is 0 Å². The van der Waals surface area contributed by atoms with Crippen LogP contribution in [0.5, 0.6) is 11.5 Å². The fourth-order valence-corrected chi connectivity index (χ4v) is 5.94. The zero-order valence-electron chi connectivity index (χ0n) is 24.2. The van der Waals surface area contributed by atoms with Crippen molar-refractivity contribution in [1.82, 2.24) is 15.1 Å². The molecule has 2 aliphatic heterocycles. The van der Waals surface area contributed by atoms with Crippen molar-refractivity contribution in [2.24, 2.45) is 0 Å². The molecule has 2 atom stereocenters. The lowest BCUT2D eigenvalue weighted by molar-refractivity contribution is -0.123. The molecule has 1 fully saturated rings. The van der Waals surface area contributed by atoms with Crippen molar-refractivity contribution in [2.75, 3.05) is 64.9 Å². The Morgan fingerprint density at radius 2 is 1.46 bits per heavy atom. The maximum Gasteiger partial charge on any atom is 0.259 e. The van der Waals surface area contributed by atoms with Gasteiger partial charge in [0.15, 0.2) is 0 Å². The SMILES string of the molecule is CCN1CCN(CCCNC(=O)[C@@H]2c3ccccc3C(=O)N(c3ccc(OC)cc3)[C@@H]2c2ccc(OC)cc2)CC1. The van der Waals surface area contributed by atoms with Gasteiger partial charge in [0, 0.05) is 44.0 Å². The number of hydrogen-bond acceptors (Lipinski definition) is 6. The second kappa shape index (κ2) is 13.2. The lowest BCUT2D eigenvalue weighted by Crippen LogP contribution is -2.48. The van der Waals surface area contributed by atoms with Crippen molar-refractivity contribution >= 4 is 17.5 Å². The molecule has 0 bridgehead atoms. The number of amides is 2. The van der Waals surface area contributed by atoms with Crippen molar-refractivity contribution in [1.29, 1.82) is 0 Å². The first-order valence-corrected chi connectivity index (χ1v) is 14.5. The lowest BCUT2D eigenvalue weighted by Gasteiger charge is -2.42. The monoisotopic (exact) mass is 556 g/mol. The van der Waals surface area contributed by atoms with Gasteiger partial charge in [0.25, 0.3) is 5.91 Å². The van der Waals surface area contributed by atoms with Gasteiger partial charge in [-0.2, -0.15) is 0 Å².